The van der Waals surface area contributed by atoms with Gasteiger partial charge in [0.05, 0.1) is 23.3 Å². The van der Waals surface area contributed by atoms with Crippen molar-refractivity contribution in [1.29, 1.82) is 0 Å². The van der Waals surface area contributed by atoms with Crippen molar-refractivity contribution in [3.63, 3.8) is 0 Å². The van der Waals surface area contributed by atoms with Gasteiger partial charge in [-0.3, -0.25) is 38.4 Å². The molecular weight excluding hydrogens is 1810 g/mol. The minimum atomic E-state index is -2.40. The second-order valence-corrected chi connectivity index (χ2v) is 35.1. The Labute approximate surface area is 788 Å². The molecule has 0 aromatic heterocycles. The summed E-state index contributed by atoms with van der Waals surface area (Å²) in [4.78, 5) is 141. The van der Waals surface area contributed by atoms with E-state index in [4.69, 9.17) is 66.8 Å². The number of carbonyl (C=O) groups excluding carboxylic acids is 9. The largest absolute Gasteiger partial charge is 0.508 e. The van der Waals surface area contributed by atoms with E-state index < -0.39 is 251 Å². The number of phenolic OH excluding ortho intramolecular Hbond substituents is 4. The lowest BCUT2D eigenvalue weighted by Crippen LogP contribution is -2.65. The lowest BCUT2D eigenvalue weighted by atomic mass is 9.89. The second kappa shape index (κ2) is 44.7. The Morgan fingerprint density at radius 2 is 1.09 bits per heavy atom. The van der Waals surface area contributed by atoms with E-state index in [1.54, 1.807) is 30.3 Å². The number of alkyl carbamates (subject to hydrolysis) is 1. The van der Waals surface area contributed by atoms with Crippen molar-refractivity contribution in [2.75, 3.05) is 39.4 Å². The Balaban J connectivity index is 0.969. The van der Waals surface area contributed by atoms with Gasteiger partial charge in [-0.05, 0) is 175 Å². The number of unbranched alkanes of at least 4 members (excludes halogenated alkanes) is 4. The van der Waals surface area contributed by atoms with Gasteiger partial charge in [0.15, 0.2) is 23.0 Å². The van der Waals surface area contributed by atoms with Crippen LogP contribution in [0.4, 0.5) is 4.79 Å². The van der Waals surface area contributed by atoms with Crippen LogP contribution in [0.3, 0.4) is 0 Å². The fourth-order valence-electron chi connectivity index (χ4n) is 16.6. The van der Waals surface area contributed by atoms with Crippen LogP contribution in [0.25, 0.3) is 11.1 Å². The standard InChI is InChI=1S/C95H107Cl2N11O28/c1-45(2)13-6-3-4-9-16-72(115)103-79-82(118)80(116)70(42-109)134-93(79)136-85-68-37-52-38-69(85)132-65-24-18-48(30-59(65)97)32-61-87(122)107-78(88(123)100-28-12-27-99-26-11-10-25-98)57-40-54(112)41-67(133-94-84(120)83(119)81(117)71(43-110)135-94)73(57)56-35-49(19-21-62(56)113)74(89(124)101-61)105-92(127)77(52)106-91(126)76-51-33-53(111)39-55(34-51)130-66-36-50(20-22-63(66)114)75(108-95(128)129-44-46-14-7-5-8-15-46)90(125)102-60(86(121)104-76)31-47-17-23-64(131-68)58(96)29-47/h5,7-8,14-15,17-24,29-30,33-41,45,60-61,70-71,74-84,93-94,99,109-114,116-120H,3-4,6,9-13,16,25-28,31-32,42-44,98H2,1-2H3,(H,100,123)(H,101,124)(H,102,125)(H,103,115)(H,104,121)(H,105,127)(H,106,126)(H,107,122)(H,108,128)/t60-,61+,70-,71-,74-,75+,76+,77-,78-,79-,80-,81-,82-,83+,84+,93+,94+/m1/s1. The molecule has 16 rings (SSSR count). The predicted molar refractivity (Wildman–Crippen MR) is 484 cm³/mol. The molecule has 8 aliphatic rings. The smallest absolute Gasteiger partial charge is 0.408 e. The molecular formula is C95H107Cl2N11O28. The number of ether oxygens (including phenoxy) is 8. The Bertz CT molecular complexity index is 5730. The summed E-state index contributed by atoms with van der Waals surface area (Å²) in [5, 5.41) is 153. The van der Waals surface area contributed by atoms with Gasteiger partial charge < -0.3 is 153 Å². The van der Waals surface area contributed by atoms with Crippen molar-refractivity contribution in [2.45, 2.75) is 195 Å². The molecule has 17 bridgehead atoms. The van der Waals surface area contributed by atoms with Crippen LogP contribution in [0.15, 0.2) is 146 Å². The van der Waals surface area contributed by atoms with E-state index in [9.17, 15) is 65.8 Å². The number of hydrogen-bond donors (Lipinski definition) is 22. The zero-order chi connectivity index (χ0) is 96.9. The third kappa shape index (κ3) is 23.8. The Morgan fingerprint density at radius 3 is 1.74 bits per heavy atom. The van der Waals surface area contributed by atoms with Gasteiger partial charge in [0, 0.05) is 49.1 Å². The molecule has 0 radical (unpaired) electrons. The zero-order valence-electron chi connectivity index (χ0n) is 73.7. The molecule has 8 aromatic rings. The Hall–Kier alpha value is -12.9. The number of nitrogens with two attached hydrogens (primary N) is 1. The molecule has 17 atom stereocenters. The van der Waals surface area contributed by atoms with E-state index in [-0.39, 0.29) is 80.2 Å². The number of amides is 9. The average Bonchev–Trinajstić information content (AvgIpc) is 0.759. The minimum Gasteiger partial charge on any atom is -0.508 e. The first-order chi connectivity index (χ1) is 65.3. The summed E-state index contributed by atoms with van der Waals surface area (Å²) in [6, 6.07) is 14.7. The number of fused-ring (bicyclic) bond motifs is 14. The molecule has 136 heavy (non-hydrogen) atoms. The first-order valence-corrected chi connectivity index (χ1v) is 45.3. The van der Waals surface area contributed by atoms with Gasteiger partial charge in [0.25, 0.3) is 0 Å². The molecule has 724 valence electrons. The highest BCUT2D eigenvalue weighted by molar-refractivity contribution is 6.32. The number of rotatable bonds is 26. The third-order valence-electron chi connectivity index (χ3n) is 23.8. The number of halogens is 2. The Kier molecular flexibility index (Phi) is 32.6. The number of aromatic hydroxyl groups is 4. The Morgan fingerprint density at radius 1 is 0.507 bits per heavy atom. The molecule has 2 fully saturated rings. The molecule has 9 amide bonds. The van der Waals surface area contributed by atoms with E-state index in [1.165, 1.54) is 48.5 Å². The molecule has 2 saturated heterocycles. The summed E-state index contributed by atoms with van der Waals surface area (Å²) in [5.74, 6) is -15.1. The normalized spacial score (nSPS) is 24.3. The number of carbonyl (C=O) groups is 9. The molecule has 41 heteroatoms. The molecule has 0 spiro atoms. The monoisotopic (exact) mass is 1920 g/mol. The van der Waals surface area contributed by atoms with Crippen molar-refractivity contribution in [2.24, 2.45) is 11.7 Å². The molecule has 0 saturated carbocycles. The van der Waals surface area contributed by atoms with E-state index >= 15 is 33.6 Å². The van der Waals surface area contributed by atoms with Crippen LogP contribution in [0.1, 0.15) is 146 Å². The summed E-state index contributed by atoms with van der Waals surface area (Å²) >= 11 is 14.7. The van der Waals surface area contributed by atoms with E-state index in [1.807, 2.05) is 0 Å². The van der Waals surface area contributed by atoms with E-state index in [0.717, 1.165) is 98.8 Å². The number of aliphatic hydroxyl groups is 7. The van der Waals surface area contributed by atoms with Gasteiger partial charge in [-0.15, -0.1) is 0 Å². The SMILES string of the molecule is CC(C)CCCCCCC(=O)N[C@H]1[C@H](Oc2c3cc4cc2Oc2ccc(cc2Cl)C[C@H]2NC(=O)[C@@H](NC(=O)OCc5ccccc5)c5ccc(O)c(c5)Oc5cc(O)cc(c5)[C@H](NC2=O)C(=O)N[C@H]4C(=O)N[C@H]2C(=O)N[C@@H](Cc4ccc(c(Cl)c4)O3)C(=O)N[C@@H](C(=O)NCCCNCCCCN)c3cc(O)cc(O[C@H]4O[C@H](CO)[C@@H](O)[C@H](O)[C@@H]4O)c3-c3cc2ccc3O)O[C@H](CO)[C@@H](O)[C@@H]1O. The van der Waals surface area contributed by atoms with Crippen LogP contribution >= 0.6 is 23.2 Å². The summed E-state index contributed by atoms with van der Waals surface area (Å²) in [6.45, 7) is 3.34. The highest BCUT2D eigenvalue weighted by Crippen LogP contribution is 2.51. The fourth-order valence-corrected chi connectivity index (χ4v) is 17.1. The van der Waals surface area contributed by atoms with Gasteiger partial charge in [0.1, 0.15) is 138 Å². The molecule has 39 nitrogen and oxygen atoms in total. The van der Waals surface area contributed by atoms with Crippen molar-refractivity contribution in [3.05, 3.63) is 200 Å². The molecule has 0 unspecified atom stereocenters. The van der Waals surface area contributed by atoms with E-state index in [0.29, 0.717) is 50.4 Å². The third-order valence-corrected chi connectivity index (χ3v) is 24.4. The number of phenols is 4. The quantitative estimate of drug-likeness (QED) is 0.0307. The maximum atomic E-state index is 17.0. The number of nitrogens with one attached hydrogen (secondary N) is 10. The maximum Gasteiger partial charge on any atom is 0.408 e. The summed E-state index contributed by atoms with van der Waals surface area (Å²) < 4.78 is 50.8. The summed E-state index contributed by atoms with van der Waals surface area (Å²) in [5.41, 5.74) is 4.10. The molecule has 8 aliphatic heterocycles. The average molecular weight is 1920 g/mol. The zero-order valence-corrected chi connectivity index (χ0v) is 75.2. The van der Waals surface area contributed by atoms with Gasteiger partial charge in [-0.1, -0.05) is 117 Å². The van der Waals surface area contributed by atoms with Gasteiger partial charge in [-0.2, -0.15) is 0 Å². The first-order valence-electron chi connectivity index (χ1n) is 44.5. The molecule has 0 aliphatic carbocycles. The van der Waals surface area contributed by atoms with Crippen LogP contribution in [-0.4, -0.2) is 222 Å². The fraction of sp³-hybridized carbons (Fsp3) is 0.400. The number of aliphatic hydroxyl groups excluding tert-OH is 7. The number of benzene rings is 8. The minimum absolute atomic E-state index is 0.0648. The van der Waals surface area contributed by atoms with Gasteiger partial charge in [0.2, 0.25) is 65.6 Å². The lowest BCUT2D eigenvalue weighted by molar-refractivity contribution is -0.277. The van der Waals surface area contributed by atoms with Crippen molar-refractivity contribution in [1.82, 2.24) is 53.2 Å². The summed E-state index contributed by atoms with van der Waals surface area (Å²) in [6.07, 6.45) is -14.3. The molecule has 8 heterocycles. The maximum absolute atomic E-state index is 17.0. The first kappa shape index (κ1) is 99.1. The topological polar surface area (TPSA) is 596 Å². The predicted octanol–water partition coefficient (Wildman–Crippen LogP) is 5.28. The van der Waals surface area contributed by atoms with Crippen molar-refractivity contribution in [3.8, 4) is 80.1 Å². The van der Waals surface area contributed by atoms with Crippen LogP contribution in [0, 0.1) is 5.92 Å². The van der Waals surface area contributed by atoms with Gasteiger partial charge >= 0.3 is 6.09 Å². The van der Waals surface area contributed by atoms with Crippen LogP contribution < -0.4 is 82.6 Å². The molecule has 8 aromatic carbocycles. The highest BCUT2D eigenvalue weighted by atomic mass is 35.5. The van der Waals surface area contributed by atoms with Crippen LogP contribution in [-0.2, 0) is 72.0 Å². The van der Waals surface area contributed by atoms with Crippen molar-refractivity contribution >= 4 is 76.6 Å². The van der Waals surface area contributed by atoms with Gasteiger partial charge in [-0.25, -0.2) is 4.79 Å². The summed E-state index contributed by atoms with van der Waals surface area (Å²) in [7, 11) is 0. The highest BCUT2D eigenvalue weighted by Gasteiger charge is 2.50. The molecule has 23 N–H and O–H groups in total. The lowest BCUT2D eigenvalue weighted by Gasteiger charge is -2.42. The second-order valence-electron chi connectivity index (χ2n) is 34.3. The van der Waals surface area contributed by atoms with Crippen LogP contribution in [0.5, 0.6) is 69.0 Å². The van der Waals surface area contributed by atoms with Crippen LogP contribution in [0.2, 0.25) is 10.0 Å². The van der Waals surface area contributed by atoms with E-state index in [2.05, 4.69) is 67.0 Å². The van der Waals surface area contributed by atoms with Crippen molar-refractivity contribution < 1.29 is 137 Å². The number of hydrogen-bond acceptors (Lipinski definition) is 30.